The van der Waals surface area contributed by atoms with E-state index < -0.39 is 22.1 Å². The van der Waals surface area contributed by atoms with Crippen LogP contribution in [0.15, 0.2) is 41.3 Å². The molecule has 0 saturated heterocycles. The van der Waals surface area contributed by atoms with Crippen LogP contribution in [0.5, 0.6) is 5.75 Å². The van der Waals surface area contributed by atoms with Crippen LogP contribution >= 0.6 is 0 Å². The summed E-state index contributed by atoms with van der Waals surface area (Å²) < 4.78 is 33.4. The summed E-state index contributed by atoms with van der Waals surface area (Å²) in [6, 6.07) is 8.91. The molecule has 0 fully saturated rings. The van der Waals surface area contributed by atoms with E-state index in [1.54, 1.807) is 12.1 Å². The number of aryl methyl sites for hydroxylation is 2. The van der Waals surface area contributed by atoms with Crippen molar-refractivity contribution in [3.05, 3.63) is 58.7 Å². The maximum Gasteiger partial charge on any atom is 0.338 e. The minimum absolute atomic E-state index is 0.00769. The number of hydrogen-bond donors (Lipinski definition) is 1. The number of carbonyl (C=O) groups excluding carboxylic acids is 2. The van der Waals surface area contributed by atoms with Gasteiger partial charge in [0.1, 0.15) is 10.6 Å². The zero-order valence-electron chi connectivity index (χ0n) is 15.5. The van der Waals surface area contributed by atoms with Crippen LogP contribution in [0.4, 0.5) is 0 Å². The van der Waals surface area contributed by atoms with Gasteiger partial charge in [-0.05, 0) is 56.2 Å². The van der Waals surface area contributed by atoms with E-state index in [1.807, 2.05) is 19.9 Å². The van der Waals surface area contributed by atoms with Crippen molar-refractivity contribution in [3.8, 4) is 5.75 Å². The van der Waals surface area contributed by atoms with Crippen molar-refractivity contribution in [2.45, 2.75) is 31.8 Å². The largest absolute Gasteiger partial charge is 0.495 e. The summed E-state index contributed by atoms with van der Waals surface area (Å²) in [5.41, 5.74) is 2.37. The Labute approximate surface area is 158 Å². The molecule has 2 aromatic rings. The van der Waals surface area contributed by atoms with Crippen LogP contribution in [-0.4, -0.2) is 33.4 Å². The fourth-order valence-electron chi connectivity index (χ4n) is 2.44. The molecule has 2 rings (SSSR count). The fourth-order valence-corrected chi connectivity index (χ4v) is 3.16. The molecule has 7 nitrogen and oxygen atoms in total. The molecule has 0 spiro atoms. The molecule has 0 radical (unpaired) electrons. The van der Waals surface area contributed by atoms with Crippen molar-refractivity contribution in [3.63, 3.8) is 0 Å². The summed E-state index contributed by atoms with van der Waals surface area (Å²) in [7, 11) is -2.81. The maximum absolute atomic E-state index is 12.5. The number of esters is 1. The van der Waals surface area contributed by atoms with Crippen molar-refractivity contribution < 1.29 is 27.5 Å². The predicted octanol–water partition coefficient (Wildman–Crippen LogP) is 2.39. The van der Waals surface area contributed by atoms with Gasteiger partial charge >= 0.3 is 5.97 Å². The van der Waals surface area contributed by atoms with Gasteiger partial charge in [0.05, 0.1) is 12.7 Å². The Morgan fingerprint density at radius 3 is 2.19 bits per heavy atom. The second-order valence-electron chi connectivity index (χ2n) is 6.12. The Morgan fingerprint density at radius 2 is 1.63 bits per heavy atom. The van der Waals surface area contributed by atoms with E-state index in [0.29, 0.717) is 5.56 Å². The average Bonchev–Trinajstić information content (AvgIpc) is 2.61. The summed E-state index contributed by atoms with van der Waals surface area (Å²) in [6.45, 7) is 5.27. The van der Waals surface area contributed by atoms with Gasteiger partial charge in [0, 0.05) is 5.56 Å². The number of sulfonamides is 1. The smallest absolute Gasteiger partial charge is 0.338 e. The third kappa shape index (κ3) is 4.72. The summed E-state index contributed by atoms with van der Waals surface area (Å²) in [5, 5.41) is 5.14. The highest BCUT2D eigenvalue weighted by Crippen LogP contribution is 2.24. The molecule has 0 bridgehead atoms. The lowest BCUT2D eigenvalue weighted by Gasteiger charge is -2.14. The first-order valence-electron chi connectivity index (χ1n) is 8.08. The number of nitrogens with two attached hydrogens (primary N) is 1. The van der Waals surface area contributed by atoms with E-state index in [1.165, 1.54) is 26.2 Å². The Balaban J connectivity index is 2.23. The average molecular weight is 391 g/mol. The number of carbonyl (C=O) groups is 2. The Hall–Kier alpha value is -2.71. The normalized spacial score (nSPS) is 12.3. The van der Waals surface area contributed by atoms with Crippen molar-refractivity contribution in [2.75, 3.05) is 7.11 Å². The molecule has 0 saturated carbocycles. The molecule has 0 aromatic heterocycles. The van der Waals surface area contributed by atoms with Crippen molar-refractivity contribution in [1.29, 1.82) is 0 Å². The highest BCUT2D eigenvalue weighted by atomic mass is 32.2. The van der Waals surface area contributed by atoms with Gasteiger partial charge < -0.3 is 9.47 Å². The standard InChI is InChI=1S/C19H21NO6S/c1-11-5-6-14(9-12(11)2)18(21)13(3)26-19(22)15-7-8-16(25-4)17(10-15)27(20,23)24/h5-10,13H,1-4H3,(H2,20,23,24)/t13-/m1/s1. The third-order valence-electron chi connectivity index (χ3n) is 4.15. The van der Waals surface area contributed by atoms with E-state index in [4.69, 9.17) is 14.6 Å². The molecule has 1 atom stereocenters. The van der Waals surface area contributed by atoms with Gasteiger partial charge in [-0.1, -0.05) is 12.1 Å². The second-order valence-corrected chi connectivity index (χ2v) is 7.65. The molecule has 0 heterocycles. The van der Waals surface area contributed by atoms with Gasteiger partial charge in [-0.3, -0.25) is 4.79 Å². The SMILES string of the molecule is COc1ccc(C(=O)O[C@H](C)C(=O)c2ccc(C)c(C)c2)cc1S(N)(=O)=O. The summed E-state index contributed by atoms with van der Waals surface area (Å²) >= 11 is 0. The van der Waals surface area contributed by atoms with Gasteiger partial charge in [-0.2, -0.15) is 0 Å². The van der Waals surface area contributed by atoms with Gasteiger partial charge in [-0.25, -0.2) is 18.4 Å². The fraction of sp³-hybridized carbons (Fsp3) is 0.263. The van der Waals surface area contributed by atoms with Crippen LogP contribution in [0.25, 0.3) is 0 Å². The van der Waals surface area contributed by atoms with Crippen LogP contribution in [0, 0.1) is 13.8 Å². The van der Waals surface area contributed by atoms with E-state index in [0.717, 1.165) is 17.2 Å². The molecule has 144 valence electrons. The molecule has 27 heavy (non-hydrogen) atoms. The van der Waals surface area contributed by atoms with Crippen LogP contribution in [0.1, 0.15) is 38.8 Å². The monoisotopic (exact) mass is 391 g/mol. The predicted molar refractivity (Wildman–Crippen MR) is 99.5 cm³/mol. The van der Waals surface area contributed by atoms with Crippen LogP contribution in [0.3, 0.4) is 0 Å². The van der Waals surface area contributed by atoms with E-state index >= 15 is 0 Å². The first kappa shape index (κ1) is 20.6. The highest BCUT2D eigenvalue weighted by Gasteiger charge is 2.23. The minimum atomic E-state index is -4.10. The summed E-state index contributed by atoms with van der Waals surface area (Å²) in [6.07, 6.45) is -1.04. The van der Waals surface area contributed by atoms with Crippen molar-refractivity contribution >= 4 is 21.8 Å². The second kappa shape index (κ2) is 7.89. The number of hydrogen-bond acceptors (Lipinski definition) is 6. The molecule has 0 aliphatic rings. The molecule has 0 aliphatic carbocycles. The Bertz CT molecular complexity index is 997. The molecular formula is C19H21NO6S. The number of methoxy groups -OCH3 is 1. The molecule has 0 aliphatic heterocycles. The van der Waals surface area contributed by atoms with Crippen molar-refractivity contribution in [2.24, 2.45) is 5.14 Å². The van der Waals surface area contributed by atoms with Crippen LogP contribution < -0.4 is 9.88 Å². The number of rotatable bonds is 6. The number of ether oxygens (including phenoxy) is 2. The van der Waals surface area contributed by atoms with E-state index in [9.17, 15) is 18.0 Å². The zero-order valence-corrected chi connectivity index (χ0v) is 16.3. The number of Topliss-reactive ketones (excluding diaryl/α,β-unsaturated/α-hetero) is 1. The first-order chi connectivity index (χ1) is 12.5. The van der Waals surface area contributed by atoms with Crippen LogP contribution in [-0.2, 0) is 14.8 Å². The summed E-state index contributed by atoms with van der Waals surface area (Å²) in [5.74, 6) is -1.19. The maximum atomic E-state index is 12.5. The molecule has 2 aromatic carbocycles. The van der Waals surface area contributed by atoms with Crippen LogP contribution in [0.2, 0.25) is 0 Å². The highest BCUT2D eigenvalue weighted by molar-refractivity contribution is 7.89. The molecule has 2 N–H and O–H groups in total. The zero-order chi connectivity index (χ0) is 20.4. The lowest BCUT2D eigenvalue weighted by Crippen LogP contribution is -2.25. The molecule has 0 unspecified atom stereocenters. The lowest BCUT2D eigenvalue weighted by atomic mass is 10.0. The quantitative estimate of drug-likeness (QED) is 0.597. The minimum Gasteiger partial charge on any atom is -0.495 e. The van der Waals surface area contributed by atoms with E-state index in [2.05, 4.69) is 0 Å². The number of primary sulfonamides is 1. The Morgan fingerprint density at radius 1 is 1.00 bits per heavy atom. The number of benzene rings is 2. The van der Waals surface area contributed by atoms with Gasteiger partial charge in [0.25, 0.3) is 0 Å². The molecule has 8 heteroatoms. The third-order valence-corrected chi connectivity index (χ3v) is 5.08. The first-order valence-corrected chi connectivity index (χ1v) is 9.62. The Kier molecular flexibility index (Phi) is 6.02. The van der Waals surface area contributed by atoms with Crippen molar-refractivity contribution in [1.82, 2.24) is 0 Å². The number of ketones is 1. The van der Waals surface area contributed by atoms with Gasteiger partial charge in [0.15, 0.2) is 6.10 Å². The molecular weight excluding hydrogens is 370 g/mol. The van der Waals surface area contributed by atoms with E-state index in [-0.39, 0.29) is 22.0 Å². The topological polar surface area (TPSA) is 113 Å². The lowest BCUT2D eigenvalue weighted by molar-refractivity contribution is 0.0318. The van der Waals surface area contributed by atoms with Gasteiger partial charge in [0.2, 0.25) is 15.8 Å². The summed E-state index contributed by atoms with van der Waals surface area (Å²) in [4.78, 5) is 24.5. The molecule has 0 amide bonds. The van der Waals surface area contributed by atoms with Gasteiger partial charge in [-0.15, -0.1) is 0 Å².